The number of para-hydroxylation sites is 1. The minimum absolute atomic E-state index is 0.191. The lowest BCUT2D eigenvalue weighted by Gasteiger charge is -2.25. The molecule has 10 heteroatoms. The maximum absolute atomic E-state index is 14.1. The topological polar surface area (TPSA) is 97.6 Å². The molecule has 0 fully saturated rings. The number of unbranched alkanes of at least 4 members (excludes halogenated alkanes) is 1. The zero-order valence-electron chi connectivity index (χ0n) is 25.0. The summed E-state index contributed by atoms with van der Waals surface area (Å²) >= 11 is 1.25. The fourth-order valence-electron chi connectivity index (χ4n) is 4.71. The van der Waals surface area contributed by atoms with E-state index in [4.69, 9.17) is 23.7 Å². The van der Waals surface area contributed by atoms with Crippen LogP contribution in [0, 0.1) is 0 Å². The van der Waals surface area contributed by atoms with Gasteiger partial charge in [-0.25, -0.2) is 9.79 Å². The second-order valence-electron chi connectivity index (χ2n) is 9.64. The number of aromatic nitrogens is 1. The Balaban J connectivity index is 1.91. The Morgan fingerprint density at radius 1 is 1.00 bits per heavy atom. The normalized spacial score (nSPS) is 14.7. The van der Waals surface area contributed by atoms with Gasteiger partial charge in [0.1, 0.15) is 0 Å². The van der Waals surface area contributed by atoms with E-state index in [1.54, 1.807) is 44.8 Å². The molecule has 1 aliphatic heterocycles. The Morgan fingerprint density at radius 2 is 1.79 bits per heavy atom. The Labute approximate surface area is 249 Å². The molecule has 1 aromatic heterocycles. The third-order valence-corrected chi connectivity index (χ3v) is 7.73. The van der Waals surface area contributed by atoms with Gasteiger partial charge in [-0.1, -0.05) is 49.8 Å². The summed E-state index contributed by atoms with van der Waals surface area (Å²) in [4.78, 5) is 32.5. The quantitative estimate of drug-likeness (QED) is 0.208. The van der Waals surface area contributed by atoms with Gasteiger partial charge in [0.2, 0.25) is 0 Å². The smallest absolute Gasteiger partial charge is 0.338 e. The Morgan fingerprint density at radius 3 is 2.48 bits per heavy atom. The molecule has 0 bridgehead atoms. The van der Waals surface area contributed by atoms with E-state index in [-0.39, 0.29) is 12.2 Å². The molecule has 0 amide bonds. The number of carbonyl (C=O) groups is 1. The number of nitrogens with zero attached hydrogens (tertiary/aromatic N) is 2. The largest absolute Gasteiger partial charge is 0.493 e. The first-order chi connectivity index (χ1) is 20.4. The molecule has 9 nitrogen and oxygen atoms in total. The first kappa shape index (κ1) is 30.9. The van der Waals surface area contributed by atoms with E-state index in [0.29, 0.717) is 67.9 Å². The molecule has 3 aromatic rings. The minimum Gasteiger partial charge on any atom is -0.493 e. The summed E-state index contributed by atoms with van der Waals surface area (Å²) in [5, 5.41) is 0. The highest BCUT2D eigenvalue weighted by atomic mass is 32.1. The standard InChI is InChI=1S/C32H38N2O7S/c1-7-10-17-40-23-15-14-21(18-25(23)38-6)28-27(31(36)39-9-3)20(4)33-32-34(28)30(35)26(42-32)19-22-12-11-13-24(37-5)29(22)41-16-8-2/h11-15,18-19,28H,7-10,16-17H2,1-6H3/b26-19-. The number of rotatable bonds is 13. The maximum atomic E-state index is 14.1. The summed E-state index contributed by atoms with van der Waals surface area (Å²) in [6.07, 6.45) is 4.52. The van der Waals surface area contributed by atoms with Gasteiger partial charge in [-0.2, -0.15) is 0 Å². The number of thiazole rings is 1. The highest BCUT2D eigenvalue weighted by Gasteiger charge is 2.34. The van der Waals surface area contributed by atoms with Crippen molar-refractivity contribution in [1.82, 2.24) is 4.57 Å². The number of esters is 1. The third kappa shape index (κ3) is 6.38. The highest BCUT2D eigenvalue weighted by Crippen LogP contribution is 2.36. The molecular weight excluding hydrogens is 556 g/mol. The lowest BCUT2D eigenvalue weighted by Crippen LogP contribution is -2.40. The SMILES string of the molecule is CCCCOc1ccc(C2C(C(=O)OCC)=C(C)N=c3s/c(=C\c4cccc(OC)c4OCCC)c(=O)n32)cc1OC. The van der Waals surface area contributed by atoms with E-state index in [1.807, 2.05) is 37.3 Å². The molecule has 1 aliphatic rings. The number of fused-ring (bicyclic) bond motifs is 1. The molecule has 0 radical (unpaired) electrons. The van der Waals surface area contributed by atoms with Gasteiger partial charge in [0, 0.05) is 5.56 Å². The number of allylic oxidation sites excluding steroid dienone is 1. The van der Waals surface area contributed by atoms with Crippen molar-refractivity contribution in [3.05, 3.63) is 78.5 Å². The van der Waals surface area contributed by atoms with E-state index in [9.17, 15) is 9.59 Å². The number of hydrogen-bond acceptors (Lipinski definition) is 9. The molecular formula is C32H38N2O7S. The Bertz CT molecular complexity index is 1640. The van der Waals surface area contributed by atoms with Crippen LogP contribution in [0.2, 0.25) is 0 Å². The average Bonchev–Trinajstić information content (AvgIpc) is 3.29. The van der Waals surface area contributed by atoms with Crippen molar-refractivity contribution in [2.24, 2.45) is 4.99 Å². The van der Waals surface area contributed by atoms with Crippen LogP contribution < -0.4 is 33.8 Å². The van der Waals surface area contributed by atoms with Gasteiger partial charge in [-0.3, -0.25) is 9.36 Å². The molecule has 42 heavy (non-hydrogen) atoms. The molecule has 1 atom stereocenters. The van der Waals surface area contributed by atoms with Crippen LogP contribution >= 0.6 is 11.3 Å². The molecule has 2 aromatic carbocycles. The van der Waals surface area contributed by atoms with E-state index < -0.39 is 12.0 Å². The van der Waals surface area contributed by atoms with Crippen LogP contribution in [0.25, 0.3) is 6.08 Å². The first-order valence-corrected chi connectivity index (χ1v) is 15.0. The number of benzene rings is 2. The van der Waals surface area contributed by atoms with Crippen LogP contribution in [0.1, 0.15) is 64.1 Å². The van der Waals surface area contributed by atoms with E-state index in [2.05, 4.69) is 11.9 Å². The summed E-state index contributed by atoms with van der Waals surface area (Å²) in [5.74, 6) is 1.73. The fourth-order valence-corrected chi connectivity index (χ4v) is 5.75. The fraction of sp³-hybridized carbons (Fsp3) is 0.406. The molecule has 0 N–H and O–H groups in total. The van der Waals surface area contributed by atoms with Crippen LogP contribution in [0.5, 0.6) is 23.0 Å². The summed E-state index contributed by atoms with van der Waals surface area (Å²) in [5.41, 5.74) is 1.88. The summed E-state index contributed by atoms with van der Waals surface area (Å²) < 4.78 is 30.5. The number of ether oxygens (including phenoxy) is 5. The van der Waals surface area contributed by atoms with Crippen LogP contribution in [-0.2, 0) is 9.53 Å². The zero-order valence-corrected chi connectivity index (χ0v) is 25.8. The second-order valence-corrected chi connectivity index (χ2v) is 10.7. The predicted octanol–water partition coefficient (Wildman–Crippen LogP) is 4.78. The molecule has 1 unspecified atom stereocenters. The molecule has 224 valence electrons. The summed E-state index contributed by atoms with van der Waals surface area (Å²) in [7, 11) is 3.15. The molecule has 0 saturated heterocycles. The number of carbonyl (C=O) groups excluding carboxylic acids is 1. The van der Waals surface area contributed by atoms with E-state index >= 15 is 0 Å². The third-order valence-electron chi connectivity index (χ3n) is 6.74. The van der Waals surface area contributed by atoms with Gasteiger partial charge in [-0.05, 0) is 56.5 Å². The summed E-state index contributed by atoms with van der Waals surface area (Å²) in [6.45, 7) is 8.88. The monoisotopic (exact) mass is 594 g/mol. The van der Waals surface area contributed by atoms with Crippen LogP contribution in [0.15, 0.2) is 57.5 Å². The lowest BCUT2D eigenvalue weighted by molar-refractivity contribution is -0.139. The average molecular weight is 595 g/mol. The van der Waals surface area contributed by atoms with E-state index in [0.717, 1.165) is 19.3 Å². The van der Waals surface area contributed by atoms with Crippen molar-refractivity contribution in [3.8, 4) is 23.0 Å². The van der Waals surface area contributed by atoms with Crippen molar-refractivity contribution in [3.63, 3.8) is 0 Å². The van der Waals surface area contributed by atoms with Gasteiger partial charge in [0.05, 0.1) is 55.9 Å². The predicted molar refractivity (Wildman–Crippen MR) is 163 cm³/mol. The van der Waals surface area contributed by atoms with Gasteiger partial charge in [0.25, 0.3) is 5.56 Å². The molecule has 2 heterocycles. The van der Waals surface area contributed by atoms with Crippen LogP contribution in [0.3, 0.4) is 0 Å². The number of methoxy groups -OCH3 is 2. The van der Waals surface area contributed by atoms with Crippen molar-refractivity contribution in [2.45, 2.75) is 53.0 Å². The number of hydrogen-bond donors (Lipinski definition) is 0. The Hall–Kier alpha value is -4.05. The van der Waals surface area contributed by atoms with Crippen molar-refractivity contribution in [2.75, 3.05) is 34.0 Å². The van der Waals surface area contributed by atoms with Gasteiger partial charge < -0.3 is 23.7 Å². The van der Waals surface area contributed by atoms with Gasteiger partial charge in [-0.15, -0.1) is 0 Å². The molecule has 0 aliphatic carbocycles. The minimum atomic E-state index is -0.776. The second kappa shape index (κ2) is 14.2. The van der Waals surface area contributed by atoms with Crippen molar-refractivity contribution >= 4 is 23.4 Å². The van der Waals surface area contributed by atoms with Crippen LogP contribution in [-0.4, -0.2) is 44.6 Å². The van der Waals surface area contributed by atoms with Gasteiger partial charge >= 0.3 is 5.97 Å². The zero-order chi connectivity index (χ0) is 30.2. The Kier molecular flexibility index (Phi) is 10.5. The molecule has 0 spiro atoms. The van der Waals surface area contributed by atoms with Gasteiger partial charge in [0.15, 0.2) is 27.8 Å². The lowest BCUT2D eigenvalue weighted by atomic mass is 9.95. The van der Waals surface area contributed by atoms with Crippen molar-refractivity contribution < 1.29 is 28.5 Å². The summed E-state index contributed by atoms with van der Waals surface area (Å²) in [6, 6.07) is 10.2. The van der Waals surface area contributed by atoms with E-state index in [1.165, 1.54) is 11.3 Å². The molecule has 0 saturated carbocycles. The first-order valence-electron chi connectivity index (χ1n) is 14.2. The van der Waals surface area contributed by atoms with Crippen molar-refractivity contribution in [1.29, 1.82) is 0 Å². The van der Waals surface area contributed by atoms with Crippen LogP contribution in [0.4, 0.5) is 0 Å². The highest BCUT2D eigenvalue weighted by molar-refractivity contribution is 7.07. The molecule has 4 rings (SSSR count). The maximum Gasteiger partial charge on any atom is 0.338 e.